The topological polar surface area (TPSA) is 81.0 Å². The van der Waals surface area contributed by atoms with Gasteiger partial charge < -0.3 is 15.0 Å². The zero-order valence-electron chi connectivity index (χ0n) is 12.5. The molecule has 0 spiro atoms. The maximum atomic E-state index is 12.0. The number of rotatable bonds is 2. The third-order valence-electron chi connectivity index (χ3n) is 3.42. The predicted octanol–water partition coefficient (Wildman–Crippen LogP) is 2.64. The minimum Gasteiger partial charge on any atom is -0.464 e. The number of nitrogens with two attached hydrogens (primary N) is 1. The Hall–Kier alpha value is -2.74. The highest BCUT2D eigenvalue weighted by Crippen LogP contribution is 2.29. The highest BCUT2D eigenvalue weighted by molar-refractivity contribution is 5.96. The van der Waals surface area contributed by atoms with Crippen LogP contribution < -0.4 is 5.73 Å². The molecule has 0 aliphatic rings. The molecule has 21 heavy (non-hydrogen) atoms. The Balaban J connectivity index is 2.82. The summed E-state index contributed by atoms with van der Waals surface area (Å²) in [5, 5.41) is 9.14. The first-order valence-electron chi connectivity index (χ1n) is 6.48. The van der Waals surface area contributed by atoms with Crippen molar-refractivity contribution in [1.29, 1.82) is 5.26 Å². The van der Waals surface area contributed by atoms with E-state index in [2.05, 4.69) is 0 Å². The van der Waals surface area contributed by atoms with Gasteiger partial charge in [-0.2, -0.15) is 5.26 Å². The number of methoxy groups -OCH3 is 1. The summed E-state index contributed by atoms with van der Waals surface area (Å²) >= 11 is 0. The van der Waals surface area contributed by atoms with Gasteiger partial charge in [0.2, 0.25) is 0 Å². The van der Waals surface area contributed by atoms with E-state index in [0.717, 1.165) is 22.4 Å². The number of aryl methyl sites for hydroxylation is 3. The Morgan fingerprint density at radius 1 is 1.29 bits per heavy atom. The monoisotopic (exact) mass is 283 g/mol. The highest BCUT2D eigenvalue weighted by atomic mass is 16.5. The van der Waals surface area contributed by atoms with Crippen LogP contribution in [0.1, 0.15) is 32.7 Å². The molecular weight excluding hydrogens is 266 g/mol. The van der Waals surface area contributed by atoms with E-state index in [0.29, 0.717) is 0 Å². The molecular formula is C16H17N3O2. The van der Waals surface area contributed by atoms with Crippen LogP contribution in [-0.2, 0) is 4.74 Å². The zero-order valence-corrected chi connectivity index (χ0v) is 12.5. The number of aromatic nitrogens is 1. The second-order valence-corrected chi connectivity index (χ2v) is 5.03. The normalized spacial score (nSPS) is 10.2. The van der Waals surface area contributed by atoms with Crippen LogP contribution in [0, 0.1) is 32.1 Å². The molecule has 0 fully saturated rings. The number of carbonyl (C=O) groups is 1. The van der Waals surface area contributed by atoms with Crippen LogP contribution in [0.25, 0.3) is 5.69 Å². The first-order valence-corrected chi connectivity index (χ1v) is 6.48. The average molecular weight is 283 g/mol. The molecule has 0 aliphatic heterocycles. The number of ether oxygens (including phenoxy) is 1. The van der Waals surface area contributed by atoms with E-state index < -0.39 is 5.97 Å². The van der Waals surface area contributed by atoms with Crippen LogP contribution in [0.3, 0.4) is 0 Å². The summed E-state index contributed by atoms with van der Waals surface area (Å²) in [4.78, 5) is 12.0. The number of hydrogen-bond donors (Lipinski definition) is 1. The lowest BCUT2D eigenvalue weighted by Gasteiger charge is -2.15. The summed E-state index contributed by atoms with van der Waals surface area (Å²) in [7, 11) is 1.29. The van der Waals surface area contributed by atoms with E-state index >= 15 is 0 Å². The van der Waals surface area contributed by atoms with Gasteiger partial charge in [0.15, 0.2) is 5.69 Å². The van der Waals surface area contributed by atoms with Crippen molar-refractivity contribution in [2.75, 3.05) is 12.8 Å². The number of esters is 1. The average Bonchev–Trinajstić information content (AvgIpc) is 2.73. The molecule has 2 rings (SSSR count). The number of nitrogens with zero attached hydrogens (tertiary/aromatic N) is 2. The number of nitrogen functional groups attached to an aromatic ring is 1. The van der Waals surface area contributed by atoms with E-state index in [1.807, 2.05) is 39.0 Å². The second-order valence-electron chi connectivity index (χ2n) is 5.03. The molecule has 108 valence electrons. The Labute approximate surface area is 123 Å². The van der Waals surface area contributed by atoms with Crippen molar-refractivity contribution in [1.82, 2.24) is 4.57 Å². The third-order valence-corrected chi connectivity index (χ3v) is 3.42. The van der Waals surface area contributed by atoms with Gasteiger partial charge in [-0.15, -0.1) is 0 Å². The molecule has 5 heteroatoms. The van der Waals surface area contributed by atoms with Crippen LogP contribution in [-0.4, -0.2) is 17.6 Å². The van der Waals surface area contributed by atoms with Gasteiger partial charge >= 0.3 is 5.97 Å². The second kappa shape index (κ2) is 5.33. The molecule has 5 nitrogen and oxygen atoms in total. The molecule has 0 atom stereocenters. The quantitative estimate of drug-likeness (QED) is 0.859. The fourth-order valence-corrected chi connectivity index (χ4v) is 2.64. The van der Waals surface area contributed by atoms with E-state index in [4.69, 9.17) is 15.7 Å². The van der Waals surface area contributed by atoms with Crippen LogP contribution >= 0.6 is 0 Å². The zero-order chi connectivity index (χ0) is 15.7. The maximum absolute atomic E-state index is 12.0. The Bertz CT molecular complexity index is 744. The van der Waals surface area contributed by atoms with Gasteiger partial charge in [0.05, 0.1) is 24.0 Å². The summed E-state index contributed by atoms with van der Waals surface area (Å²) < 4.78 is 6.43. The highest BCUT2D eigenvalue weighted by Gasteiger charge is 2.23. The molecule has 0 aliphatic carbocycles. The Kier molecular flexibility index (Phi) is 3.72. The molecule has 0 radical (unpaired) electrons. The molecule has 0 saturated carbocycles. The van der Waals surface area contributed by atoms with Gasteiger partial charge in [-0.3, -0.25) is 0 Å². The smallest absolute Gasteiger partial charge is 0.357 e. The lowest BCUT2D eigenvalue weighted by Crippen LogP contribution is -2.12. The maximum Gasteiger partial charge on any atom is 0.357 e. The standard InChI is InChI=1S/C16H17N3O2/c1-9-5-10(2)14(11(3)6-9)19-8-12(7-17)13(18)15(19)16(20)21-4/h5-6,8H,18H2,1-4H3. The lowest BCUT2D eigenvalue weighted by molar-refractivity contribution is 0.0593. The summed E-state index contributed by atoms with van der Waals surface area (Å²) in [5.41, 5.74) is 10.5. The van der Waals surface area contributed by atoms with Gasteiger partial charge in [-0.1, -0.05) is 17.7 Å². The van der Waals surface area contributed by atoms with Crippen molar-refractivity contribution >= 4 is 11.7 Å². The van der Waals surface area contributed by atoms with Crippen LogP contribution in [0.15, 0.2) is 18.3 Å². The fourth-order valence-electron chi connectivity index (χ4n) is 2.64. The fraction of sp³-hybridized carbons (Fsp3) is 0.250. The molecule has 1 heterocycles. The van der Waals surface area contributed by atoms with Gasteiger partial charge in [-0.05, 0) is 31.9 Å². The number of nitriles is 1. The van der Waals surface area contributed by atoms with Crippen molar-refractivity contribution in [2.45, 2.75) is 20.8 Å². The van der Waals surface area contributed by atoms with Gasteiger partial charge in [0.1, 0.15) is 6.07 Å². The minimum atomic E-state index is -0.562. The minimum absolute atomic E-state index is 0.142. The van der Waals surface area contributed by atoms with E-state index in [1.54, 1.807) is 10.8 Å². The van der Waals surface area contributed by atoms with Gasteiger partial charge in [-0.25, -0.2) is 4.79 Å². The predicted molar refractivity (Wildman–Crippen MR) is 80.4 cm³/mol. The van der Waals surface area contributed by atoms with E-state index in [-0.39, 0.29) is 16.9 Å². The van der Waals surface area contributed by atoms with Crippen LogP contribution in [0.5, 0.6) is 0 Å². The third kappa shape index (κ3) is 2.36. The van der Waals surface area contributed by atoms with Gasteiger partial charge in [0.25, 0.3) is 0 Å². The van der Waals surface area contributed by atoms with E-state index in [9.17, 15) is 4.79 Å². The lowest BCUT2D eigenvalue weighted by atomic mass is 10.0. The number of benzene rings is 1. The summed E-state index contributed by atoms with van der Waals surface area (Å²) in [6.45, 7) is 5.92. The molecule has 2 aromatic rings. The van der Waals surface area contributed by atoms with Crippen molar-refractivity contribution < 1.29 is 9.53 Å². The Morgan fingerprint density at radius 3 is 2.33 bits per heavy atom. The largest absolute Gasteiger partial charge is 0.464 e. The molecule has 1 aromatic carbocycles. The molecule has 0 amide bonds. The molecule has 1 aromatic heterocycles. The number of hydrogen-bond acceptors (Lipinski definition) is 4. The summed E-state index contributed by atoms with van der Waals surface area (Å²) in [6, 6.07) is 6.04. The number of carbonyl (C=O) groups excluding carboxylic acids is 1. The molecule has 0 bridgehead atoms. The van der Waals surface area contributed by atoms with Crippen LogP contribution in [0.4, 0.5) is 5.69 Å². The SMILES string of the molecule is COC(=O)c1c(N)c(C#N)cn1-c1c(C)cc(C)cc1C. The van der Waals surface area contributed by atoms with E-state index in [1.165, 1.54) is 7.11 Å². The molecule has 0 saturated heterocycles. The first kappa shape index (κ1) is 14.7. The van der Waals surface area contributed by atoms with Gasteiger partial charge in [0, 0.05) is 6.20 Å². The van der Waals surface area contributed by atoms with Crippen molar-refractivity contribution in [3.05, 3.63) is 46.3 Å². The molecule has 0 unspecified atom stereocenters. The van der Waals surface area contributed by atoms with Crippen molar-refractivity contribution in [2.24, 2.45) is 0 Å². The summed E-state index contributed by atoms with van der Waals surface area (Å²) in [5.74, 6) is -0.562. The van der Waals surface area contributed by atoms with Crippen molar-refractivity contribution in [3.8, 4) is 11.8 Å². The molecule has 2 N–H and O–H groups in total. The summed E-state index contributed by atoms with van der Waals surface area (Å²) in [6.07, 6.45) is 1.58. The van der Waals surface area contributed by atoms with Crippen LogP contribution in [0.2, 0.25) is 0 Å². The first-order chi connectivity index (χ1) is 9.90. The van der Waals surface area contributed by atoms with Crippen molar-refractivity contribution in [3.63, 3.8) is 0 Å². The number of anilines is 1. The Morgan fingerprint density at radius 2 is 1.86 bits per heavy atom.